The summed E-state index contributed by atoms with van der Waals surface area (Å²) in [5.41, 5.74) is 16.4. The summed E-state index contributed by atoms with van der Waals surface area (Å²) < 4.78 is 15.9. The van der Waals surface area contributed by atoms with Crippen LogP contribution in [-0.2, 0) is 0 Å². The van der Waals surface area contributed by atoms with Crippen molar-refractivity contribution < 1.29 is 8.83 Å². The van der Waals surface area contributed by atoms with Gasteiger partial charge in [0.25, 0.3) is 0 Å². The van der Waals surface area contributed by atoms with E-state index in [9.17, 15) is 0 Å². The van der Waals surface area contributed by atoms with E-state index < -0.39 is 0 Å². The van der Waals surface area contributed by atoms with Gasteiger partial charge in [0.15, 0.2) is 11.2 Å². The summed E-state index contributed by atoms with van der Waals surface area (Å²) in [5.74, 6) is 0. The van der Waals surface area contributed by atoms with Crippen molar-refractivity contribution >= 4 is 108 Å². The van der Waals surface area contributed by atoms with Crippen LogP contribution in [0.5, 0.6) is 0 Å². The maximum absolute atomic E-state index is 5.99. The molecule has 0 fully saturated rings. The molecule has 0 spiro atoms. The van der Waals surface area contributed by atoms with Crippen molar-refractivity contribution in [3.63, 3.8) is 0 Å². The van der Waals surface area contributed by atoms with Crippen LogP contribution in [0, 0.1) is 0 Å². The molecular weight excluding hydrogens is 565 g/mol. The number of halogens is 2. The number of hydrogen-bond donors (Lipinski definition) is 3. The fourth-order valence-corrected chi connectivity index (χ4v) is 4.95. The van der Waals surface area contributed by atoms with Crippen LogP contribution >= 0.6 is 44.7 Å². The van der Waals surface area contributed by atoms with Crippen LogP contribution in [0.1, 0.15) is 0 Å². The van der Waals surface area contributed by atoms with Crippen LogP contribution in [0.4, 0.5) is 11.4 Å². The van der Waals surface area contributed by atoms with E-state index in [0.29, 0.717) is 11.4 Å². The summed E-state index contributed by atoms with van der Waals surface area (Å²) in [4.78, 5) is 0. The fourth-order valence-electron chi connectivity index (χ4n) is 3.61. The molecule has 0 amide bonds. The molecule has 0 bridgehead atoms. The molecule has 6 rings (SSSR count). The third-order valence-electron chi connectivity index (χ3n) is 5.02. The first kappa shape index (κ1) is 23.4. The number of thiol groups is 1. The Bertz CT molecular complexity index is 1610. The number of benzene rings is 4. The second-order valence-corrected chi connectivity index (χ2v) is 8.93. The number of fused-ring (bicyclic) bond motifs is 6. The molecule has 5 nitrogen and oxygen atoms in total. The number of para-hydroxylation sites is 3. The molecule has 6 aromatic rings. The van der Waals surface area contributed by atoms with Gasteiger partial charge in [0, 0.05) is 30.5 Å². The predicted molar refractivity (Wildman–Crippen MR) is 149 cm³/mol. The molecule has 4 aromatic carbocycles. The van der Waals surface area contributed by atoms with Gasteiger partial charge in [-0.2, -0.15) is 0 Å². The van der Waals surface area contributed by atoms with E-state index in [1.165, 1.54) is 0 Å². The van der Waals surface area contributed by atoms with Gasteiger partial charge in [-0.15, -0.1) is 0 Å². The maximum atomic E-state index is 5.99. The Balaban J connectivity index is 0.000000142. The van der Waals surface area contributed by atoms with Gasteiger partial charge in [0.1, 0.15) is 11.2 Å². The van der Waals surface area contributed by atoms with Gasteiger partial charge < -0.3 is 20.3 Å². The van der Waals surface area contributed by atoms with E-state index in [1.807, 2.05) is 72.8 Å². The second kappa shape index (κ2) is 10.0. The molecular formula is C24H17BBr2N3O2S. The summed E-state index contributed by atoms with van der Waals surface area (Å²) in [5, 5.41) is 4.30. The zero-order chi connectivity index (χ0) is 23.5. The van der Waals surface area contributed by atoms with Gasteiger partial charge in [-0.25, -0.2) is 0 Å². The first-order chi connectivity index (χ1) is 16.0. The van der Waals surface area contributed by atoms with Crippen molar-refractivity contribution in [2.45, 2.75) is 0 Å². The molecule has 2 aromatic heterocycles. The average molecular weight is 582 g/mol. The van der Waals surface area contributed by atoms with Crippen molar-refractivity contribution in [2.24, 2.45) is 4.30 Å². The molecule has 0 saturated carbocycles. The Morgan fingerprint density at radius 2 is 1.27 bits per heavy atom. The minimum absolute atomic E-state index is 0.634. The predicted octanol–water partition coefficient (Wildman–Crippen LogP) is 8.04. The SMILES string of the molecule is Nc1c(Br)cc(Br)c2c1oc1ccccc12.Nc1cccc2c1oc1ccccc12.[B]=NS. The van der Waals surface area contributed by atoms with Crippen LogP contribution in [0.2, 0.25) is 0 Å². The molecule has 0 aliphatic heterocycles. The normalized spacial score (nSPS) is 10.6. The summed E-state index contributed by atoms with van der Waals surface area (Å²) >= 11 is 10.1. The molecule has 33 heavy (non-hydrogen) atoms. The zero-order valence-corrected chi connectivity index (χ0v) is 21.2. The van der Waals surface area contributed by atoms with E-state index in [-0.39, 0.29) is 0 Å². The average Bonchev–Trinajstić information content (AvgIpc) is 3.39. The van der Waals surface area contributed by atoms with E-state index in [4.69, 9.17) is 20.3 Å². The molecule has 0 aliphatic carbocycles. The third-order valence-corrected chi connectivity index (χ3v) is 6.31. The Morgan fingerprint density at radius 3 is 1.97 bits per heavy atom. The number of nitrogen functional groups attached to an aromatic ring is 2. The molecule has 0 atom stereocenters. The van der Waals surface area contributed by atoms with Gasteiger partial charge in [-0.3, -0.25) is 0 Å². The van der Waals surface area contributed by atoms with Crippen LogP contribution in [0.15, 0.2) is 94.9 Å². The van der Waals surface area contributed by atoms with Gasteiger partial charge in [-0.1, -0.05) is 48.5 Å². The quantitative estimate of drug-likeness (QED) is 0.0961. The summed E-state index contributed by atoms with van der Waals surface area (Å²) in [7, 11) is 4.34. The Hall–Kier alpha value is -2.75. The zero-order valence-electron chi connectivity index (χ0n) is 17.1. The number of anilines is 2. The molecule has 0 saturated heterocycles. The number of nitrogens with zero attached hydrogens (tertiary/aromatic N) is 1. The van der Waals surface area contributed by atoms with Crippen LogP contribution in [0.25, 0.3) is 43.9 Å². The Morgan fingerprint density at radius 1 is 0.727 bits per heavy atom. The van der Waals surface area contributed by atoms with Crippen molar-refractivity contribution in [2.75, 3.05) is 11.5 Å². The molecule has 4 N–H and O–H groups in total. The van der Waals surface area contributed by atoms with Crippen LogP contribution < -0.4 is 11.5 Å². The van der Waals surface area contributed by atoms with Crippen molar-refractivity contribution in [1.82, 2.24) is 0 Å². The topological polar surface area (TPSA) is 90.7 Å². The summed E-state index contributed by atoms with van der Waals surface area (Å²) in [6.07, 6.45) is 0. The van der Waals surface area contributed by atoms with Crippen LogP contribution in [0.3, 0.4) is 0 Å². The van der Waals surface area contributed by atoms with Gasteiger partial charge in [0.05, 0.1) is 11.4 Å². The number of hydrogen-bond acceptors (Lipinski definition) is 6. The van der Waals surface area contributed by atoms with E-state index in [2.05, 4.69) is 56.6 Å². The standard InChI is InChI=1S/C12H7Br2NO.C12H9NO.BHNS/c13-7-5-8(14)11(15)12-10(7)6-3-1-2-4-9(6)16-12;13-10-6-3-5-9-8-4-1-2-7-11(8)14-12(9)10;1-2-3/h1-5H,15H2;1-7H,13H2;3H. The molecule has 1 radical (unpaired) electrons. The molecule has 163 valence electrons. The Labute approximate surface area is 213 Å². The monoisotopic (exact) mass is 580 g/mol. The third kappa shape index (κ3) is 4.53. The summed E-state index contributed by atoms with van der Waals surface area (Å²) in [6.45, 7) is 0. The van der Waals surface area contributed by atoms with E-state index in [1.54, 1.807) is 0 Å². The molecule has 0 unspecified atom stereocenters. The molecule has 2 heterocycles. The van der Waals surface area contributed by atoms with Crippen molar-refractivity contribution in [1.29, 1.82) is 0 Å². The summed E-state index contributed by atoms with van der Waals surface area (Å²) in [6, 6.07) is 23.6. The van der Waals surface area contributed by atoms with Gasteiger partial charge in [-0.05, 0) is 56.1 Å². The number of nitrogens with two attached hydrogens (primary N) is 2. The van der Waals surface area contributed by atoms with Gasteiger partial charge in [0.2, 0.25) is 0 Å². The van der Waals surface area contributed by atoms with Crippen molar-refractivity contribution in [3.05, 3.63) is 81.7 Å². The first-order valence-electron chi connectivity index (χ1n) is 9.71. The Kier molecular flexibility index (Phi) is 7.12. The van der Waals surface area contributed by atoms with Crippen LogP contribution in [-0.4, -0.2) is 7.64 Å². The molecule has 9 heteroatoms. The fraction of sp³-hybridized carbons (Fsp3) is 0. The van der Waals surface area contributed by atoms with E-state index in [0.717, 1.165) is 52.8 Å². The molecule has 0 aliphatic rings. The second-order valence-electron chi connectivity index (χ2n) is 6.99. The van der Waals surface area contributed by atoms with E-state index >= 15 is 0 Å². The number of furan rings is 2. The van der Waals surface area contributed by atoms with Gasteiger partial charge >= 0.3 is 24.8 Å². The first-order valence-corrected chi connectivity index (χ1v) is 11.7. The number of rotatable bonds is 0. The van der Waals surface area contributed by atoms with Crippen molar-refractivity contribution in [3.8, 4) is 0 Å². The minimum atomic E-state index is 0.634.